The monoisotopic (exact) mass is 249 g/mol. The summed E-state index contributed by atoms with van der Waals surface area (Å²) in [7, 11) is 0. The van der Waals surface area contributed by atoms with Crippen molar-refractivity contribution in [3.05, 3.63) is 47.9 Å². The Labute approximate surface area is 103 Å². The van der Waals surface area contributed by atoms with Gasteiger partial charge in [-0.2, -0.15) is 0 Å². The van der Waals surface area contributed by atoms with Gasteiger partial charge in [-0.3, -0.25) is 4.79 Å². The fourth-order valence-corrected chi connectivity index (χ4v) is 1.41. The lowest BCUT2D eigenvalue weighted by atomic mass is 10.3. The van der Waals surface area contributed by atoms with Crippen molar-refractivity contribution in [1.29, 1.82) is 0 Å². The Bertz CT molecular complexity index is 554. The lowest BCUT2D eigenvalue weighted by Gasteiger charge is -2.02. The van der Waals surface area contributed by atoms with E-state index in [1.54, 1.807) is 6.07 Å². The molecule has 94 valence electrons. The van der Waals surface area contributed by atoms with Crippen LogP contribution in [0.1, 0.15) is 16.4 Å². The van der Waals surface area contributed by atoms with E-state index in [4.69, 9.17) is 10.2 Å². The summed E-state index contributed by atoms with van der Waals surface area (Å²) in [6.07, 6.45) is 1.78. The third kappa shape index (κ3) is 2.92. The molecule has 18 heavy (non-hydrogen) atoms. The Morgan fingerprint density at radius 3 is 3.06 bits per heavy atom. The lowest BCUT2D eigenvalue weighted by molar-refractivity contribution is 0.0995. The van der Waals surface area contributed by atoms with Gasteiger partial charge in [0.05, 0.1) is 6.20 Å². The van der Waals surface area contributed by atoms with E-state index in [9.17, 15) is 9.18 Å². The molecule has 3 N–H and O–H groups in total. The molecule has 1 aromatic carbocycles. The number of anilines is 1. The van der Waals surface area contributed by atoms with E-state index in [2.05, 4.69) is 10.3 Å². The second kappa shape index (κ2) is 5.42. The molecule has 0 radical (unpaired) electrons. The van der Waals surface area contributed by atoms with Gasteiger partial charge < -0.3 is 15.5 Å². The van der Waals surface area contributed by atoms with Crippen LogP contribution in [0.25, 0.3) is 0 Å². The summed E-state index contributed by atoms with van der Waals surface area (Å²) in [6.45, 7) is 0.394. The number of hydrogen-bond acceptors (Lipinski definition) is 4. The molecule has 1 aromatic heterocycles. The number of nitrogens with zero attached hydrogens (tertiary/aromatic N) is 1. The highest BCUT2D eigenvalue weighted by atomic mass is 19.1. The van der Waals surface area contributed by atoms with Gasteiger partial charge in [-0.05, 0) is 18.2 Å². The highest BCUT2D eigenvalue weighted by molar-refractivity contribution is 6.01. The summed E-state index contributed by atoms with van der Waals surface area (Å²) in [4.78, 5) is 15.6. The molecule has 0 atom stereocenters. The summed E-state index contributed by atoms with van der Waals surface area (Å²) in [5.74, 6) is -0.421. The van der Waals surface area contributed by atoms with Crippen LogP contribution in [0.2, 0.25) is 0 Å². The van der Waals surface area contributed by atoms with Crippen LogP contribution in [0.3, 0.4) is 0 Å². The van der Waals surface area contributed by atoms with Crippen molar-refractivity contribution in [1.82, 2.24) is 4.98 Å². The highest BCUT2D eigenvalue weighted by Gasteiger charge is 2.12. The minimum atomic E-state index is -0.476. The molecule has 2 aromatic rings. The summed E-state index contributed by atoms with van der Waals surface area (Å²) in [6, 6.07) is 5.60. The van der Waals surface area contributed by atoms with E-state index in [0.717, 1.165) is 0 Å². The van der Waals surface area contributed by atoms with Crippen LogP contribution in [0.15, 0.2) is 34.9 Å². The summed E-state index contributed by atoms with van der Waals surface area (Å²) < 4.78 is 18.1. The molecule has 1 heterocycles. The van der Waals surface area contributed by atoms with Crippen molar-refractivity contribution < 1.29 is 13.6 Å². The first-order valence-corrected chi connectivity index (χ1v) is 5.41. The summed E-state index contributed by atoms with van der Waals surface area (Å²) in [5, 5.41) is 2.51. The highest BCUT2D eigenvalue weighted by Crippen LogP contribution is 2.12. The largest absolute Gasteiger partial charge is 0.435 e. The van der Waals surface area contributed by atoms with Gasteiger partial charge in [0, 0.05) is 18.7 Å². The van der Waals surface area contributed by atoms with E-state index in [0.29, 0.717) is 24.5 Å². The number of nitrogens with two attached hydrogens (primary N) is 1. The van der Waals surface area contributed by atoms with Gasteiger partial charge in [0.1, 0.15) is 5.82 Å². The van der Waals surface area contributed by atoms with E-state index in [1.807, 2.05) is 0 Å². The number of carbonyl (C=O) groups excluding carboxylic acids is 1. The Morgan fingerprint density at radius 1 is 1.50 bits per heavy atom. The van der Waals surface area contributed by atoms with Crippen LogP contribution in [0.5, 0.6) is 0 Å². The number of oxazole rings is 1. The molecule has 1 amide bonds. The summed E-state index contributed by atoms with van der Waals surface area (Å²) in [5.41, 5.74) is 5.70. The average molecular weight is 249 g/mol. The molecule has 0 fully saturated rings. The standard InChI is InChI=1S/C12H12FN3O2/c13-8-2-1-3-9(6-8)16-12(17)10-7-15-11(18-10)4-5-14/h1-3,6-7H,4-5,14H2,(H,16,17). The maximum atomic E-state index is 12.9. The quantitative estimate of drug-likeness (QED) is 0.861. The predicted octanol–water partition coefficient (Wildman–Crippen LogP) is 1.57. The van der Waals surface area contributed by atoms with E-state index < -0.39 is 11.7 Å². The number of nitrogens with one attached hydrogen (secondary N) is 1. The number of rotatable bonds is 4. The average Bonchev–Trinajstić information content (AvgIpc) is 2.78. The first-order chi connectivity index (χ1) is 8.69. The maximum Gasteiger partial charge on any atom is 0.293 e. The Morgan fingerprint density at radius 2 is 2.33 bits per heavy atom. The van der Waals surface area contributed by atoms with Gasteiger partial charge in [-0.25, -0.2) is 9.37 Å². The SMILES string of the molecule is NCCc1ncc(C(=O)Nc2cccc(F)c2)o1. The molecule has 0 saturated heterocycles. The van der Waals surface area contributed by atoms with E-state index in [1.165, 1.54) is 24.4 Å². The molecule has 0 spiro atoms. The minimum Gasteiger partial charge on any atom is -0.435 e. The van der Waals surface area contributed by atoms with Gasteiger partial charge >= 0.3 is 0 Å². The predicted molar refractivity (Wildman–Crippen MR) is 63.6 cm³/mol. The number of aromatic nitrogens is 1. The maximum absolute atomic E-state index is 12.9. The molecule has 5 nitrogen and oxygen atoms in total. The Hall–Kier alpha value is -2.21. The van der Waals surface area contributed by atoms with Crippen molar-refractivity contribution in [2.24, 2.45) is 5.73 Å². The molecule has 0 bridgehead atoms. The molecule has 0 aliphatic carbocycles. The van der Waals surface area contributed by atoms with E-state index >= 15 is 0 Å². The Balaban J connectivity index is 2.07. The molecule has 0 aliphatic rings. The van der Waals surface area contributed by atoms with Crippen LogP contribution in [0, 0.1) is 5.82 Å². The number of amides is 1. The molecule has 2 rings (SSSR count). The zero-order valence-corrected chi connectivity index (χ0v) is 9.52. The van der Waals surface area contributed by atoms with Crippen molar-refractivity contribution in [3.8, 4) is 0 Å². The first-order valence-electron chi connectivity index (χ1n) is 5.41. The Kier molecular flexibility index (Phi) is 3.69. The van der Waals surface area contributed by atoms with Crippen LogP contribution in [-0.2, 0) is 6.42 Å². The molecule has 0 aliphatic heterocycles. The van der Waals surface area contributed by atoms with E-state index in [-0.39, 0.29) is 5.76 Å². The van der Waals surface area contributed by atoms with Crippen LogP contribution in [-0.4, -0.2) is 17.4 Å². The van der Waals surface area contributed by atoms with Crippen molar-refractivity contribution in [2.75, 3.05) is 11.9 Å². The number of halogens is 1. The fraction of sp³-hybridized carbons (Fsp3) is 0.167. The topological polar surface area (TPSA) is 81.1 Å². The molecular weight excluding hydrogens is 237 g/mol. The van der Waals surface area contributed by atoms with Crippen LogP contribution < -0.4 is 11.1 Å². The van der Waals surface area contributed by atoms with Crippen molar-refractivity contribution in [2.45, 2.75) is 6.42 Å². The third-order valence-electron chi connectivity index (χ3n) is 2.22. The third-order valence-corrected chi connectivity index (χ3v) is 2.22. The first kappa shape index (κ1) is 12.3. The smallest absolute Gasteiger partial charge is 0.293 e. The van der Waals surface area contributed by atoms with Crippen molar-refractivity contribution in [3.63, 3.8) is 0 Å². The number of benzene rings is 1. The number of hydrogen-bond donors (Lipinski definition) is 2. The van der Waals surface area contributed by atoms with Gasteiger partial charge in [-0.15, -0.1) is 0 Å². The zero-order chi connectivity index (χ0) is 13.0. The van der Waals surface area contributed by atoms with Gasteiger partial charge in [-0.1, -0.05) is 6.07 Å². The number of carbonyl (C=O) groups is 1. The second-order valence-electron chi connectivity index (χ2n) is 3.62. The van der Waals surface area contributed by atoms with Crippen molar-refractivity contribution >= 4 is 11.6 Å². The molecular formula is C12H12FN3O2. The molecule has 6 heteroatoms. The van der Waals surface area contributed by atoms with Gasteiger partial charge in [0.25, 0.3) is 5.91 Å². The van der Waals surface area contributed by atoms with Crippen LogP contribution >= 0.6 is 0 Å². The zero-order valence-electron chi connectivity index (χ0n) is 9.52. The van der Waals surface area contributed by atoms with Gasteiger partial charge in [0.15, 0.2) is 5.89 Å². The summed E-state index contributed by atoms with van der Waals surface area (Å²) >= 11 is 0. The lowest BCUT2D eigenvalue weighted by Crippen LogP contribution is -2.11. The molecule has 0 saturated carbocycles. The fourth-order valence-electron chi connectivity index (χ4n) is 1.41. The normalized spacial score (nSPS) is 10.3. The van der Waals surface area contributed by atoms with Crippen LogP contribution in [0.4, 0.5) is 10.1 Å². The molecule has 0 unspecified atom stereocenters. The minimum absolute atomic E-state index is 0.0720. The second-order valence-corrected chi connectivity index (χ2v) is 3.62. The van der Waals surface area contributed by atoms with Gasteiger partial charge in [0.2, 0.25) is 5.76 Å².